The van der Waals surface area contributed by atoms with E-state index in [1.54, 1.807) is 0 Å². The fourth-order valence-electron chi connectivity index (χ4n) is 2.19. The van der Waals surface area contributed by atoms with Crippen LogP contribution in [0, 0.1) is 0 Å². The van der Waals surface area contributed by atoms with Gasteiger partial charge in [-0.05, 0) is 37.6 Å². The largest absolute Gasteiger partial charge is 0.384 e. The van der Waals surface area contributed by atoms with Gasteiger partial charge in [0, 0.05) is 18.2 Å². The lowest BCUT2D eigenvalue weighted by atomic mass is 9.98. The first-order valence-electron chi connectivity index (χ1n) is 5.95. The molecule has 0 amide bonds. The van der Waals surface area contributed by atoms with Gasteiger partial charge in [-0.25, -0.2) is 0 Å². The predicted octanol–water partition coefficient (Wildman–Crippen LogP) is 2.59. The summed E-state index contributed by atoms with van der Waals surface area (Å²) in [5.41, 5.74) is 2.83. The van der Waals surface area contributed by atoms with E-state index in [4.69, 9.17) is 0 Å². The molecule has 82 valence electrons. The van der Waals surface area contributed by atoms with E-state index in [0.717, 1.165) is 19.6 Å². The highest BCUT2D eigenvalue weighted by atomic mass is 14.9. The molecule has 2 nitrogen and oxygen atoms in total. The molecule has 1 aromatic rings. The van der Waals surface area contributed by atoms with Crippen LogP contribution in [0.25, 0.3) is 0 Å². The van der Waals surface area contributed by atoms with Gasteiger partial charge in [-0.2, -0.15) is 0 Å². The monoisotopic (exact) mass is 204 g/mol. The van der Waals surface area contributed by atoms with Crippen molar-refractivity contribution in [1.82, 2.24) is 5.32 Å². The molecule has 0 saturated heterocycles. The van der Waals surface area contributed by atoms with Crippen molar-refractivity contribution >= 4 is 5.69 Å². The number of hydrogen-bond donors (Lipinski definition) is 2. The van der Waals surface area contributed by atoms with Gasteiger partial charge in [0.15, 0.2) is 0 Å². The van der Waals surface area contributed by atoms with Gasteiger partial charge in [0.05, 0.1) is 0 Å². The standard InChI is InChI=1S/C13H20N2/c1-2-8-14-9-7-11-10-15-13-6-4-3-5-12(11)13/h3-6,11,14-15H,2,7-10H2,1H3. The first-order valence-corrected chi connectivity index (χ1v) is 5.95. The highest BCUT2D eigenvalue weighted by molar-refractivity contribution is 5.57. The molecule has 1 atom stereocenters. The highest BCUT2D eigenvalue weighted by Crippen LogP contribution is 2.32. The van der Waals surface area contributed by atoms with Crippen molar-refractivity contribution in [2.75, 3.05) is 25.0 Å². The lowest BCUT2D eigenvalue weighted by Gasteiger charge is -2.10. The topological polar surface area (TPSA) is 24.1 Å². The molecule has 0 fully saturated rings. The van der Waals surface area contributed by atoms with Crippen LogP contribution in [0.1, 0.15) is 31.2 Å². The van der Waals surface area contributed by atoms with Gasteiger partial charge in [-0.1, -0.05) is 25.1 Å². The van der Waals surface area contributed by atoms with Crippen LogP contribution >= 0.6 is 0 Å². The van der Waals surface area contributed by atoms with E-state index in [2.05, 4.69) is 41.8 Å². The first-order chi connectivity index (χ1) is 7.42. The second-order valence-corrected chi connectivity index (χ2v) is 4.20. The molecule has 2 N–H and O–H groups in total. The molecule has 1 heterocycles. The third kappa shape index (κ3) is 2.51. The maximum Gasteiger partial charge on any atom is 0.0376 e. The molecular formula is C13H20N2. The molecule has 1 aliphatic rings. The fraction of sp³-hybridized carbons (Fsp3) is 0.538. The number of rotatable bonds is 5. The Hall–Kier alpha value is -1.02. The van der Waals surface area contributed by atoms with Crippen LogP contribution in [-0.2, 0) is 0 Å². The molecule has 2 rings (SSSR count). The maximum absolute atomic E-state index is 3.46. The van der Waals surface area contributed by atoms with Crippen LogP contribution in [-0.4, -0.2) is 19.6 Å². The van der Waals surface area contributed by atoms with E-state index < -0.39 is 0 Å². The van der Waals surface area contributed by atoms with Gasteiger partial charge in [-0.15, -0.1) is 0 Å². The average Bonchev–Trinajstić information content (AvgIpc) is 2.68. The van der Waals surface area contributed by atoms with E-state index in [-0.39, 0.29) is 0 Å². The molecule has 1 unspecified atom stereocenters. The number of para-hydroxylation sites is 1. The minimum Gasteiger partial charge on any atom is -0.384 e. The third-order valence-electron chi connectivity index (χ3n) is 3.04. The summed E-state index contributed by atoms with van der Waals surface area (Å²) in [6.07, 6.45) is 2.46. The molecule has 1 aromatic carbocycles. The van der Waals surface area contributed by atoms with Crippen molar-refractivity contribution in [2.45, 2.75) is 25.7 Å². The van der Waals surface area contributed by atoms with Crippen LogP contribution in [0.15, 0.2) is 24.3 Å². The number of anilines is 1. The zero-order valence-electron chi connectivity index (χ0n) is 9.42. The van der Waals surface area contributed by atoms with Crippen molar-refractivity contribution < 1.29 is 0 Å². The molecule has 0 saturated carbocycles. The number of fused-ring (bicyclic) bond motifs is 1. The normalized spacial score (nSPS) is 18.6. The molecule has 15 heavy (non-hydrogen) atoms. The van der Waals surface area contributed by atoms with Gasteiger partial charge in [-0.3, -0.25) is 0 Å². The summed E-state index contributed by atoms with van der Waals surface area (Å²) in [5.74, 6) is 0.700. The summed E-state index contributed by atoms with van der Waals surface area (Å²) in [5, 5.41) is 6.93. The third-order valence-corrected chi connectivity index (χ3v) is 3.04. The molecule has 2 heteroatoms. The Morgan fingerprint density at radius 2 is 2.20 bits per heavy atom. The van der Waals surface area contributed by atoms with Crippen molar-refractivity contribution in [1.29, 1.82) is 0 Å². The van der Waals surface area contributed by atoms with Crippen LogP contribution in [0.2, 0.25) is 0 Å². The van der Waals surface area contributed by atoms with Crippen molar-refractivity contribution in [3.05, 3.63) is 29.8 Å². The van der Waals surface area contributed by atoms with E-state index in [1.807, 2.05) is 0 Å². The zero-order chi connectivity index (χ0) is 10.5. The summed E-state index contributed by atoms with van der Waals surface area (Å²) in [6.45, 7) is 5.59. The quantitative estimate of drug-likeness (QED) is 0.720. The Balaban J connectivity index is 1.85. The van der Waals surface area contributed by atoms with Gasteiger partial charge in [0.1, 0.15) is 0 Å². The van der Waals surface area contributed by atoms with Crippen molar-refractivity contribution in [3.63, 3.8) is 0 Å². The minimum atomic E-state index is 0.700. The molecule has 0 aromatic heterocycles. The van der Waals surface area contributed by atoms with Gasteiger partial charge >= 0.3 is 0 Å². The van der Waals surface area contributed by atoms with Crippen molar-refractivity contribution in [2.24, 2.45) is 0 Å². The Kier molecular flexibility index (Phi) is 3.62. The molecule has 0 radical (unpaired) electrons. The lowest BCUT2D eigenvalue weighted by Crippen LogP contribution is -2.18. The summed E-state index contributed by atoms with van der Waals surface area (Å²) in [4.78, 5) is 0. The highest BCUT2D eigenvalue weighted by Gasteiger charge is 2.20. The molecule has 1 aliphatic heterocycles. The van der Waals surface area contributed by atoms with E-state index in [0.29, 0.717) is 5.92 Å². The number of hydrogen-bond acceptors (Lipinski definition) is 2. The molecule has 0 spiro atoms. The molecule has 0 aliphatic carbocycles. The second kappa shape index (κ2) is 5.17. The number of nitrogens with one attached hydrogen (secondary N) is 2. The SMILES string of the molecule is CCCNCCC1CNc2ccccc21. The summed E-state index contributed by atoms with van der Waals surface area (Å²) >= 11 is 0. The van der Waals surface area contributed by atoms with Crippen molar-refractivity contribution in [3.8, 4) is 0 Å². The van der Waals surface area contributed by atoms with Gasteiger partial charge in [0.25, 0.3) is 0 Å². The molecular weight excluding hydrogens is 184 g/mol. The maximum atomic E-state index is 3.46. The summed E-state index contributed by atoms with van der Waals surface area (Å²) < 4.78 is 0. The van der Waals surface area contributed by atoms with E-state index >= 15 is 0 Å². The second-order valence-electron chi connectivity index (χ2n) is 4.20. The summed E-state index contributed by atoms with van der Waals surface area (Å²) in [6, 6.07) is 8.66. The van der Waals surface area contributed by atoms with E-state index in [9.17, 15) is 0 Å². The van der Waals surface area contributed by atoms with Crippen LogP contribution in [0.4, 0.5) is 5.69 Å². The fourth-order valence-corrected chi connectivity index (χ4v) is 2.19. The smallest absolute Gasteiger partial charge is 0.0376 e. The molecule has 0 bridgehead atoms. The van der Waals surface area contributed by atoms with Gasteiger partial charge in [0.2, 0.25) is 0 Å². The number of benzene rings is 1. The Bertz CT molecular complexity index is 309. The zero-order valence-corrected chi connectivity index (χ0v) is 9.42. The van der Waals surface area contributed by atoms with Crippen LogP contribution in [0.5, 0.6) is 0 Å². The Morgan fingerprint density at radius 1 is 1.33 bits per heavy atom. The Morgan fingerprint density at radius 3 is 3.07 bits per heavy atom. The average molecular weight is 204 g/mol. The lowest BCUT2D eigenvalue weighted by molar-refractivity contribution is 0.589. The van der Waals surface area contributed by atoms with Crippen LogP contribution in [0.3, 0.4) is 0 Å². The Labute approximate surface area is 92.1 Å². The van der Waals surface area contributed by atoms with Crippen LogP contribution < -0.4 is 10.6 Å². The van der Waals surface area contributed by atoms with Gasteiger partial charge < -0.3 is 10.6 Å². The first kappa shape index (κ1) is 10.5. The van der Waals surface area contributed by atoms with E-state index in [1.165, 1.54) is 24.1 Å². The summed E-state index contributed by atoms with van der Waals surface area (Å²) in [7, 11) is 0. The minimum absolute atomic E-state index is 0.700. The predicted molar refractivity (Wildman–Crippen MR) is 65.5 cm³/mol.